The lowest BCUT2D eigenvalue weighted by molar-refractivity contribution is -0.121. The number of amides is 1. The summed E-state index contributed by atoms with van der Waals surface area (Å²) in [5.41, 5.74) is 3.32. The molecule has 1 aromatic heterocycles. The fourth-order valence-corrected chi connectivity index (χ4v) is 5.56. The van der Waals surface area contributed by atoms with Crippen LogP contribution in [-0.2, 0) is 10.4 Å². The Morgan fingerprint density at radius 2 is 1.97 bits per heavy atom. The number of hydrogen-bond acceptors (Lipinski definition) is 5. The number of piperidine rings is 1. The zero-order valence-electron chi connectivity index (χ0n) is 20.3. The van der Waals surface area contributed by atoms with Gasteiger partial charge in [-0.3, -0.25) is 9.78 Å². The van der Waals surface area contributed by atoms with Crippen LogP contribution in [-0.4, -0.2) is 37.1 Å². The summed E-state index contributed by atoms with van der Waals surface area (Å²) in [6.45, 7) is 8.86. The summed E-state index contributed by atoms with van der Waals surface area (Å²) in [7, 11) is 0. The fourth-order valence-electron chi connectivity index (χ4n) is 5.56. The van der Waals surface area contributed by atoms with E-state index < -0.39 is 5.60 Å². The van der Waals surface area contributed by atoms with Gasteiger partial charge in [-0.1, -0.05) is 19.1 Å². The minimum atomic E-state index is -0.532. The van der Waals surface area contributed by atoms with E-state index in [-0.39, 0.29) is 12.5 Å². The molecule has 2 aliphatic heterocycles. The first-order chi connectivity index (χ1) is 16.6. The lowest BCUT2D eigenvalue weighted by Crippen LogP contribution is -2.46. The standard InChI is InChI=1S/C28H33N3O3/c1-4-28(20-13-15-29-16-14-20,34-25-8-6-7-23-22(25)11-9-19(3)30-23)21-10-12-26-24(17-21)31(5-2)27(32)18-33-26/h6-12,17,20,29H,4-5,13-16,18H2,1-3H3. The second-order valence-electron chi connectivity index (χ2n) is 9.25. The highest BCUT2D eigenvalue weighted by atomic mass is 16.5. The Hall–Kier alpha value is -3.12. The molecule has 0 saturated carbocycles. The third kappa shape index (κ3) is 3.90. The number of aromatic nitrogens is 1. The highest BCUT2D eigenvalue weighted by Crippen LogP contribution is 2.46. The number of rotatable bonds is 6. The van der Waals surface area contributed by atoms with Gasteiger partial charge in [-0.05, 0) is 88.2 Å². The van der Waals surface area contributed by atoms with E-state index in [9.17, 15) is 4.79 Å². The minimum absolute atomic E-state index is 0.00692. The predicted octanol–water partition coefficient (Wildman–Crippen LogP) is 4.97. The van der Waals surface area contributed by atoms with Crippen molar-refractivity contribution in [2.24, 2.45) is 5.92 Å². The summed E-state index contributed by atoms with van der Waals surface area (Å²) in [6, 6.07) is 16.5. The molecule has 3 heterocycles. The van der Waals surface area contributed by atoms with E-state index >= 15 is 0 Å². The van der Waals surface area contributed by atoms with Gasteiger partial charge in [-0.25, -0.2) is 0 Å². The van der Waals surface area contributed by atoms with Gasteiger partial charge < -0.3 is 19.7 Å². The lowest BCUT2D eigenvalue weighted by Gasteiger charge is -2.43. The van der Waals surface area contributed by atoms with E-state index in [0.29, 0.717) is 12.5 Å². The van der Waals surface area contributed by atoms with Gasteiger partial charge in [-0.15, -0.1) is 0 Å². The first-order valence-corrected chi connectivity index (χ1v) is 12.4. The first kappa shape index (κ1) is 22.7. The molecule has 178 valence electrons. The predicted molar refractivity (Wildman–Crippen MR) is 135 cm³/mol. The van der Waals surface area contributed by atoms with E-state index in [2.05, 4.69) is 30.4 Å². The van der Waals surface area contributed by atoms with Gasteiger partial charge in [0.2, 0.25) is 0 Å². The molecule has 0 bridgehead atoms. The van der Waals surface area contributed by atoms with Gasteiger partial charge in [0, 0.05) is 23.5 Å². The normalized spacial score (nSPS) is 18.3. The molecule has 6 heteroatoms. The molecule has 3 aromatic rings. The number of benzene rings is 2. The molecular weight excluding hydrogens is 426 g/mol. The van der Waals surface area contributed by atoms with Crippen LogP contribution in [0.2, 0.25) is 0 Å². The van der Waals surface area contributed by atoms with Crippen molar-refractivity contribution >= 4 is 22.5 Å². The molecular formula is C28H33N3O3. The average Bonchev–Trinajstić information content (AvgIpc) is 2.87. The molecule has 1 fully saturated rings. The van der Waals surface area contributed by atoms with Gasteiger partial charge in [0.1, 0.15) is 17.1 Å². The largest absolute Gasteiger partial charge is 0.482 e. The Balaban J connectivity index is 1.65. The highest BCUT2D eigenvalue weighted by molar-refractivity contribution is 5.97. The number of anilines is 1. The molecule has 2 aliphatic rings. The quantitative estimate of drug-likeness (QED) is 0.564. The first-order valence-electron chi connectivity index (χ1n) is 12.4. The number of nitrogens with one attached hydrogen (secondary N) is 1. The molecule has 34 heavy (non-hydrogen) atoms. The van der Waals surface area contributed by atoms with Crippen LogP contribution in [0.4, 0.5) is 5.69 Å². The number of likely N-dealkylation sites (N-methyl/N-ethyl adjacent to an activating group) is 1. The van der Waals surface area contributed by atoms with Crippen molar-refractivity contribution < 1.29 is 14.3 Å². The van der Waals surface area contributed by atoms with Crippen molar-refractivity contribution in [2.45, 2.75) is 45.6 Å². The van der Waals surface area contributed by atoms with Crippen LogP contribution in [0.5, 0.6) is 11.5 Å². The molecule has 1 amide bonds. The van der Waals surface area contributed by atoms with Gasteiger partial charge in [0.15, 0.2) is 6.61 Å². The maximum atomic E-state index is 12.5. The van der Waals surface area contributed by atoms with Crippen molar-refractivity contribution in [2.75, 3.05) is 31.1 Å². The zero-order valence-corrected chi connectivity index (χ0v) is 20.3. The van der Waals surface area contributed by atoms with Crippen LogP contribution in [0.15, 0.2) is 48.5 Å². The number of hydrogen-bond donors (Lipinski definition) is 1. The number of aryl methyl sites for hydroxylation is 1. The van der Waals surface area contributed by atoms with E-state index in [1.54, 1.807) is 0 Å². The third-order valence-corrected chi connectivity index (χ3v) is 7.35. The summed E-state index contributed by atoms with van der Waals surface area (Å²) >= 11 is 0. The maximum absolute atomic E-state index is 12.5. The summed E-state index contributed by atoms with van der Waals surface area (Å²) in [4.78, 5) is 19.1. The second-order valence-corrected chi connectivity index (χ2v) is 9.25. The molecule has 2 aromatic carbocycles. The Morgan fingerprint density at radius 1 is 1.15 bits per heavy atom. The van der Waals surface area contributed by atoms with E-state index in [1.165, 1.54) is 0 Å². The Labute approximate surface area is 201 Å². The number of carbonyl (C=O) groups excluding carboxylic acids is 1. The summed E-state index contributed by atoms with van der Waals surface area (Å²) in [5, 5.41) is 4.52. The van der Waals surface area contributed by atoms with Gasteiger partial charge in [-0.2, -0.15) is 0 Å². The molecule has 5 rings (SSSR count). The molecule has 1 atom stereocenters. The average molecular weight is 460 g/mol. The van der Waals surface area contributed by atoms with Crippen molar-refractivity contribution in [1.82, 2.24) is 10.3 Å². The number of ether oxygens (including phenoxy) is 2. The van der Waals surface area contributed by atoms with Gasteiger partial charge in [0.05, 0.1) is 11.2 Å². The minimum Gasteiger partial charge on any atom is -0.482 e. The zero-order chi connectivity index (χ0) is 23.7. The molecule has 0 spiro atoms. The van der Waals surface area contributed by atoms with E-state index in [0.717, 1.165) is 71.7 Å². The topological polar surface area (TPSA) is 63.7 Å². The number of nitrogens with zero attached hydrogens (tertiary/aromatic N) is 2. The van der Waals surface area contributed by atoms with Crippen molar-refractivity contribution in [3.63, 3.8) is 0 Å². The molecule has 1 saturated heterocycles. The highest BCUT2D eigenvalue weighted by Gasteiger charge is 2.43. The lowest BCUT2D eigenvalue weighted by atomic mass is 9.74. The van der Waals surface area contributed by atoms with Crippen LogP contribution in [0.1, 0.15) is 44.4 Å². The van der Waals surface area contributed by atoms with Crippen LogP contribution in [0.3, 0.4) is 0 Å². The summed E-state index contributed by atoms with van der Waals surface area (Å²) in [6.07, 6.45) is 2.87. The van der Waals surface area contributed by atoms with Crippen molar-refractivity contribution in [3.8, 4) is 11.5 Å². The SMILES string of the molecule is CCN1C(=O)COc2ccc(C(CC)(Oc3cccc4nc(C)ccc34)C3CCNCC3)cc21. The van der Waals surface area contributed by atoms with Gasteiger partial charge >= 0.3 is 0 Å². The van der Waals surface area contributed by atoms with Crippen LogP contribution in [0, 0.1) is 12.8 Å². The summed E-state index contributed by atoms with van der Waals surface area (Å²) < 4.78 is 12.9. The van der Waals surface area contributed by atoms with Crippen LogP contribution >= 0.6 is 0 Å². The fraction of sp³-hybridized carbons (Fsp3) is 0.429. The molecule has 1 N–H and O–H groups in total. The number of pyridine rings is 1. The molecule has 0 radical (unpaired) electrons. The Kier molecular flexibility index (Phi) is 6.17. The Morgan fingerprint density at radius 3 is 2.74 bits per heavy atom. The summed E-state index contributed by atoms with van der Waals surface area (Å²) in [5.74, 6) is 1.93. The molecule has 6 nitrogen and oxygen atoms in total. The molecule has 1 unspecified atom stereocenters. The number of carbonyl (C=O) groups is 1. The van der Waals surface area contributed by atoms with Gasteiger partial charge in [0.25, 0.3) is 5.91 Å². The molecule has 0 aliphatic carbocycles. The maximum Gasteiger partial charge on any atom is 0.265 e. The van der Waals surface area contributed by atoms with Crippen molar-refractivity contribution in [1.29, 1.82) is 0 Å². The third-order valence-electron chi connectivity index (χ3n) is 7.35. The monoisotopic (exact) mass is 459 g/mol. The Bertz CT molecular complexity index is 1200. The smallest absolute Gasteiger partial charge is 0.265 e. The van der Waals surface area contributed by atoms with E-state index in [4.69, 9.17) is 14.5 Å². The van der Waals surface area contributed by atoms with Crippen LogP contribution in [0.25, 0.3) is 10.9 Å². The number of fused-ring (bicyclic) bond motifs is 2. The van der Waals surface area contributed by atoms with Crippen molar-refractivity contribution in [3.05, 3.63) is 59.8 Å². The van der Waals surface area contributed by atoms with Crippen LogP contribution < -0.4 is 19.7 Å². The second kappa shape index (κ2) is 9.26. The van der Waals surface area contributed by atoms with E-state index in [1.807, 2.05) is 49.1 Å².